The molecule has 2 fully saturated rings. The Labute approximate surface area is 308 Å². The van der Waals surface area contributed by atoms with Gasteiger partial charge in [0.15, 0.2) is 5.65 Å². The molecule has 4 aromatic heterocycles. The van der Waals surface area contributed by atoms with Crippen molar-refractivity contribution >= 4 is 46.3 Å². The lowest BCUT2D eigenvalue weighted by Gasteiger charge is -2.15. The van der Waals surface area contributed by atoms with Crippen LogP contribution in [0.25, 0.3) is 44.7 Å². The molecule has 2 unspecified atom stereocenters. The molecule has 2 atom stereocenters. The number of rotatable bonds is 11. The molecule has 0 aliphatic carbocycles. The van der Waals surface area contributed by atoms with Gasteiger partial charge >= 0.3 is 0 Å². The molecule has 2 aliphatic rings. The predicted molar refractivity (Wildman–Crippen MR) is 200 cm³/mol. The highest BCUT2D eigenvalue weighted by Gasteiger charge is 2.22. The third kappa shape index (κ3) is 6.78. The average Bonchev–Trinajstić information content (AvgIpc) is 3.89. The molecule has 6 heterocycles. The van der Waals surface area contributed by atoms with Crippen LogP contribution in [0.5, 0.6) is 0 Å². The lowest BCUT2D eigenvalue weighted by molar-refractivity contribution is -0.120. The molecule has 0 bridgehead atoms. The van der Waals surface area contributed by atoms with E-state index in [1.165, 1.54) is 4.40 Å². The number of fused-ring (bicyclic) bond motifs is 2. The monoisotopic (exact) mass is 735 g/mol. The fourth-order valence-electron chi connectivity index (χ4n) is 6.94. The van der Waals surface area contributed by atoms with Crippen molar-refractivity contribution in [2.75, 3.05) is 13.1 Å². The number of pyridine rings is 1. The van der Waals surface area contributed by atoms with Gasteiger partial charge in [0, 0.05) is 115 Å². The molecule has 6 aromatic rings. The number of halogens is 2. The molecule has 4 N–H and O–H groups in total. The Kier molecular flexibility index (Phi) is 9.45. The first-order valence-corrected chi connectivity index (χ1v) is 18.0. The number of nitrogens with one attached hydrogen (secondary N) is 4. The topological polar surface area (TPSA) is 147 Å². The zero-order valence-corrected chi connectivity index (χ0v) is 29.5. The van der Waals surface area contributed by atoms with Gasteiger partial charge in [-0.15, -0.1) is 0 Å². The number of hydrogen-bond acceptors (Lipinski definition) is 8. The highest BCUT2D eigenvalue weighted by Crippen LogP contribution is 2.42. The maximum Gasteiger partial charge on any atom is 0.262 e. The van der Waals surface area contributed by atoms with Crippen molar-refractivity contribution in [3.63, 3.8) is 0 Å². The van der Waals surface area contributed by atoms with Crippen LogP contribution < -0.4 is 26.8 Å². The zero-order valence-electron chi connectivity index (χ0n) is 28.0. The van der Waals surface area contributed by atoms with E-state index in [0.29, 0.717) is 60.3 Å². The molecule has 14 heteroatoms. The van der Waals surface area contributed by atoms with E-state index in [4.69, 9.17) is 28.2 Å². The maximum absolute atomic E-state index is 13.3. The van der Waals surface area contributed by atoms with Crippen molar-refractivity contribution in [1.82, 2.24) is 45.2 Å². The number of carbonyl (C=O) groups is 2. The first-order valence-electron chi connectivity index (χ1n) is 17.2. The van der Waals surface area contributed by atoms with Crippen molar-refractivity contribution in [3.05, 3.63) is 111 Å². The van der Waals surface area contributed by atoms with Crippen LogP contribution in [0.15, 0.2) is 84.3 Å². The maximum atomic E-state index is 13.3. The quantitative estimate of drug-likeness (QED) is 0.149. The van der Waals surface area contributed by atoms with Gasteiger partial charge in [-0.1, -0.05) is 59.6 Å². The fraction of sp³-hybridized carbons (Fsp3) is 0.263. The van der Waals surface area contributed by atoms with E-state index in [1.54, 1.807) is 29.3 Å². The molecule has 2 aromatic carbocycles. The normalized spacial score (nSPS) is 17.3. The first-order chi connectivity index (χ1) is 25.3. The lowest BCUT2D eigenvalue weighted by Crippen LogP contribution is -2.36. The van der Waals surface area contributed by atoms with Gasteiger partial charge < -0.3 is 21.3 Å². The van der Waals surface area contributed by atoms with Crippen LogP contribution in [-0.2, 0) is 22.7 Å². The minimum atomic E-state index is -0.158. The Morgan fingerprint density at radius 2 is 1.35 bits per heavy atom. The molecular weight excluding hydrogens is 701 g/mol. The van der Waals surface area contributed by atoms with Crippen LogP contribution in [0.4, 0.5) is 0 Å². The van der Waals surface area contributed by atoms with Gasteiger partial charge in [-0.2, -0.15) is 5.10 Å². The molecule has 2 saturated heterocycles. The molecule has 0 saturated carbocycles. The largest absolute Gasteiger partial charge is 0.352 e. The fourth-order valence-corrected chi connectivity index (χ4v) is 7.61. The van der Waals surface area contributed by atoms with Gasteiger partial charge in [0.1, 0.15) is 5.65 Å². The van der Waals surface area contributed by atoms with Crippen LogP contribution in [0.1, 0.15) is 36.8 Å². The van der Waals surface area contributed by atoms with Crippen LogP contribution in [0.2, 0.25) is 10.0 Å². The number of benzene rings is 2. The van der Waals surface area contributed by atoms with Crippen LogP contribution in [-0.4, -0.2) is 61.0 Å². The summed E-state index contributed by atoms with van der Waals surface area (Å²) in [5.41, 5.74) is 7.27. The van der Waals surface area contributed by atoms with E-state index in [-0.39, 0.29) is 29.5 Å². The third-order valence-electron chi connectivity index (χ3n) is 9.70. The number of amides is 2. The summed E-state index contributed by atoms with van der Waals surface area (Å²) in [6.07, 6.45) is 11.5. The molecule has 8 rings (SSSR count). The second kappa shape index (κ2) is 14.5. The minimum absolute atomic E-state index is 0.0617. The third-order valence-corrected chi connectivity index (χ3v) is 10.5. The van der Waals surface area contributed by atoms with Crippen molar-refractivity contribution in [2.45, 2.75) is 50.9 Å². The molecular formula is C38H35Cl2N9O3. The Morgan fingerprint density at radius 3 is 1.98 bits per heavy atom. The van der Waals surface area contributed by atoms with Gasteiger partial charge in [-0.05, 0) is 30.5 Å². The van der Waals surface area contributed by atoms with E-state index in [1.807, 2.05) is 54.7 Å². The Balaban J connectivity index is 1.01. The van der Waals surface area contributed by atoms with E-state index >= 15 is 0 Å². The summed E-state index contributed by atoms with van der Waals surface area (Å²) in [7, 11) is 0. The molecule has 0 radical (unpaired) electrons. The minimum Gasteiger partial charge on any atom is -0.352 e. The van der Waals surface area contributed by atoms with E-state index < -0.39 is 0 Å². The van der Waals surface area contributed by atoms with E-state index in [9.17, 15) is 14.4 Å². The summed E-state index contributed by atoms with van der Waals surface area (Å²) in [6.45, 7) is 2.21. The Bertz CT molecular complexity index is 2410. The van der Waals surface area contributed by atoms with Crippen LogP contribution >= 0.6 is 23.2 Å². The van der Waals surface area contributed by atoms with Gasteiger partial charge in [0.25, 0.3) is 5.56 Å². The number of carbonyl (C=O) groups excluding carboxylic acids is 2. The summed E-state index contributed by atoms with van der Waals surface area (Å²) < 4.78 is 3.27. The van der Waals surface area contributed by atoms with Crippen LogP contribution in [0, 0.1) is 0 Å². The number of aromatic nitrogens is 5. The smallest absolute Gasteiger partial charge is 0.262 e. The highest BCUT2D eigenvalue weighted by molar-refractivity contribution is 6.39. The van der Waals surface area contributed by atoms with Crippen molar-refractivity contribution in [3.8, 4) is 33.4 Å². The summed E-state index contributed by atoms with van der Waals surface area (Å²) >= 11 is 14.2. The summed E-state index contributed by atoms with van der Waals surface area (Å²) in [5, 5.41) is 18.1. The molecule has 2 aliphatic heterocycles. The highest BCUT2D eigenvalue weighted by atomic mass is 35.5. The first kappa shape index (κ1) is 34.0. The Hall–Kier alpha value is -5.14. The molecule has 264 valence electrons. The molecule has 12 nitrogen and oxygen atoms in total. The lowest BCUT2D eigenvalue weighted by atomic mass is 9.96. The summed E-state index contributed by atoms with van der Waals surface area (Å²) in [5.74, 6) is 0.163. The van der Waals surface area contributed by atoms with E-state index in [2.05, 4.69) is 31.3 Å². The molecule has 52 heavy (non-hydrogen) atoms. The molecule has 0 spiro atoms. The zero-order chi connectivity index (χ0) is 35.8. The van der Waals surface area contributed by atoms with Gasteiger partial charge in [-0.25, -0.2) is 14.5 Å². The Morgan fingerprint density at radius 1 is 0.731 bits per heavy atom. The number of hydrogen-bond donors (Lipinski definition) is 4. The molecule has 2 amide bonds. The van der Waals surface area contributed by atoms with Gasteiger partial charge in [0.05, 0.1) is 16.2 Å². The van der Waals surface area contributed by atoms with Crippen molar-refractivity contribution in [1.29, 1.82) is 0 Å². The summed E-state index contributed by atoms with van der Waals surface area (Å²) in [6, 6.07) is 15.5. The van der Waals surface area contributed by atoms with Gasteiger partial charge in [0.2, 0.25) is 11.8 Å². The van der Waals surface area contributed by atoms with Crippen molar-refractivity contribution < 1.29 is 9.59 Å². The SMILES string of the molecule is O=C1CCC(CNCc2cnc3cc(-c4cccc(-c5cccc(-c6cnc7c(CNCC8CCC(=O)N8)cnn7c6)c5Cl)c4Cl)ccn3c2=O)N1. The standard InChI is InChI=1S/C38H35Cl2N9O3/c39-35-28(22-11-12-48-32(13-22)43-16-24(38(48)52)15-42-20-27-8-10-34(51)47-27)3-1-5-30(35)31-6-2-4-29(36(31)40)25-17-44-37-23(18-45-49(37)21-25)14-41-19-26-7-9-33(50)46-26/h1-6,11-13,16-18,21,26-27,41-42H,7-10,14-15,19-20H2,(H,46,50)(H,47,51). The van der Waals surface area contributed by atoms with Gasteiger partial charge in [-0.3, -0.25) is 18.8 Å². The predicted octanol–water partition coefficient (Wildman–Crippen LogP) is 4.78. The van der Waals surface area contributed by atoms with Crippen LogP contribution in [0.3, 0.4) is 0 Å². The average molecular weight is 737 g/mol. The second-order valence-electron chi connectivity index (χ2n) is 13.2. The summed E-state index contributed by atoms with van der Waals surface area (Å²) in [4.78, 5) is 45.5. The second-order valence-corrected chi connectivity index (χ2v) is 14.0. The number of nitrogens with zero attached hydrogens (tertiary/aromatic N) is 5. The van der Waals surface area contributed by atoms with Crippen molar-refractivity contribution in [2.24, 2.45) is 0 Å². The van der Waals surface area contributed by atoms with E-state index in [0.717, 1.165) is 57.4 Å².